The van der Waals surface area contributed by atoms with E-state index >= 15 is 0 Å². The third-order valence-electron chi connectivity index (χ3n) is 4.42. The van der Waals surface area contributed by atoms with Crippen LogP contribution in [0.1, 0.15) is 96.5 Å². The Bertz CT molecular complexity index is 482. The number of carbonyl (C=O) groups is 1. The quantitative estimate of drug-likeness (QED) is 0.243. The first-order valence-corrected chi connectivity index (χ1v) is 10.2. The average molecular weight is 345 g/mol. The van der Waals surface area contributed by atoms with Crippen molar-refractivity contribution in [2.24, 2.45) is 5.10 Å². The number of amides is 1. The Morgan fingerprint density at radius 1 is 0.800 bits per heavy atom. The van der Waals surface area contributed by atoms with Crippen LogP contribution < -0.4 is 5.43 Å². The lowest BCUT2D eigenvalue weighted by Crippen LogP contribution is -2.19. The fourth-order valence-electron chi connectivity index (χ4n) is 2.91. The van der Waals surface area contributed by atoms with Crippen molar-refractivity contribution in [1.82, 2.24) is 5.43 Å². The second-order valence-electron chi connectivity index (χ2n) is 6.79. The molecule has 0 radical (unpaired) electrons. The Morgan fingerprint density at radius 3 is 2.00 bits per heavy atom. The summed E-state index contributed by atoms with van der Waals surface area (Å²) in [7, 11) is 0. The third-order valence-corrected chi connectivity index (χ3v) is 4.42. The molecule has 3 nitrogen and oxygen atoms in total. The molecule has 0 spiro atoms. The monoisotopic (exact) mass is 344 g/mol. The molecule has 1 N–H and O–H groups in total. The smallest absolute Gasteiger partial charge is 0.240 e. The second-order valence-corrected chi connectivity index (χ2v) is 6.79. The molecule has 0 atom stereocenters. The molecule has 140 valence electrons. The summed E-state index contributed by atoms with van der Waals surface area (Å²) >= 11 is 0. The van der Waals surface area contributed by atoms with E-state index in [1.807, 2.05) is 30.3 Å². The van der Waals surface area contributed by atoms with Crippen LogP contribution in [0.5, 0.6) is 0 Å². The van der Waals surface area contributed by atoms with Gasteiger partial charge in [-0.3, -0.25) is 4.79 Å². The molecule has 0 aromatic heterocycles. The molecule has 0 saturated heterocycles. The van der Waals surface area contributed by atoms with Gasteiger partial charge in [-0.25, -0.2) is 5.43 Å². The lowest BCUT2D eigenvalue weighted by atomic mass is 10.1. The maximum atomic E-state index is 12.0. The molecule has 0 saturated carbocycles. The number of rotatable bonds is 14. The van der Waals surface area contributed by atoms with E-state index < -0.39 is 0 Å². The largest absolute Gasteiger partial charge is 0.273 e. The molecular weight excluding hydrogens is 308 g/mol. The van der Waals surface area contributed by atoms with Crippen LogP contribution in [0.15, 0.2) is 35.4 Å². The number of hydrogen-bond donors (Lipinski definition) is 1. The summed E-state index contributed by atoms with van der Waals surface area (Å²) in [6.45, 7) is 4.38. The van der Waals surface area contributed by atoms with Crippen molar-refractivity contribution in [3.63, 3.8) is 0 Å². The van der Waals surface area contributed by atoms with E-state index in [0.717, 1.165) is 37.0 Å². The SMILES string of the molecule is CCCCCCCCCCCC(=O)N/N=C(\CCC)c1ccccc1. The van der Waals surface area contributed by atoms with E-state index in [1.54, 1.807) is 0 Å². The molecule has 1 rings (SSSR count). The number of hydrogen-bond acceptors (Lipinski definition) is 2. The Hall–Kier alpha value is -1.64. The van der Waals surface area contributed by atoms with Gasteiger partial charge in [0.25, 0.3) is 0 Å². The normalized spacial score (nSPS) is 11.5. The predicted molar refractivity (Wildman–Crippen MR) is 108 cm³/mol. The highest BCUT2D eigenvalue weighted by molar-refractivity contribution is 6.01. The minimum Gasteiger partial charge on any atom is -0.273 e. The van der Waals surface area contributed by atoms with Crippen molar-refractivity contribution in [2.75, 3.05) is 0 Å². The number of benzene rings is 1. The lowest BCUT2D eigenvalue weighted by Gasteiger charge is -2.06. The van der Waals surface area contributed by atoms with Crippen LogP contribution in [-0.2, 0) is 4.79 Å². The Kier molecular flexibility index (Phi) is 12.6. The van der Waals surface area contributed by atoms with E-state index in [9.17, 15) is 4.79 Å². The van der Waals surface area contributed by atoms with E-state index in [2.05, 4.69) is 24.4 Å². The molecule has 0 aliphatic rings. The first-order chi connectivity index (χ1) is 12.3. The van der Waals surface area contributed by atoms with E-state index in [-0.39, 0.29) is 5.91 Å². The van der Waals surface area contributed by atoms with Gasteiger partial charge in [-0.15, -0.1) is 0 Å². The molecule has 0 aliphatic carbocycles. The van der Waals surface area contributed by atoms with Gasteiger partial charge in [0.15, 0.2) is 0 Å². The van der Waals surface area contributed by atoms with Gasteiger partial charge in [0.1, 0.15) is 0 Å². The molecule has 0 heterocycles. The van der Waals surface area contributed by atoms with Crippen LogP contribution in [0.25, 0.3) is 0 Å². The molecule has 0 fully saturated rings. The van der Waals surface area contributed by atoms with E-state index in [1.165, 1.54) is 44.9 Å². The summed E-state index contributed by atoms with van der Waals surface area (Å²) in [6.07, 6.45) is 13.9. The van der Waals surface area contributed by atoms with Gasteiger partial charge >= 0.3 is 0 Å². The van der Waals surface area contributed by atoms with Crippen molar-refractivity contribution < 1.29 is 4.79 Å². The number of nitrogens with zero attached hydrogens (tertiary/aromatic N) is 1. The van der Waals surface area contributed by atoms with Crippen LogP contribution in [0, 0.1) is 0 Å². The summed E-state index contributed by atoms with van der Waals surface area (Å²) in [6, 6.07) is 10.1. The standard InChI is InChI=1S/C22H36N2O/c1-3-5-6-7-8-9-10-11-15-19-22(25)24-23-21(16-4-2)20-17-13-12-14-18-20/h12-14,17-18H,3-11,15-16,19H2,1-2H3,(H,24,25)/b23-21+. The van der Waals surface area contributed by atoms with Gasteiger partial charge < -0.3 is 0 Å². The fourth-order valence-corrected chi connectivity index (χ4v) is 2.91. The van der Waals surface area contributed by atoms with Gasteiger partial charge in [0.05, 0.1) is 5.71 Å². The lowest BCUT2D eigenvalue weighted by molar-refractivity contribution is -0.121. The maximum Gasteiger partial charge on any atom is 0.240 e. The molecule has 0 aliphatic heterocycles. The molecule has 1 aromatic rings. The minimum atomic E-state index is 0.0347. The van der Waals surface area contributed by atoms with E-state index in [0.29, 0.717) is 6.42 Å². The topological polar surface area (TPSA) is 41.5 Å². The zero-order chi connectivity index (χ0) is 18.2. The summed E-state index contributed by atoms with van der Waals surface area (Å²) in [5.41, 5.74) is 4.79. The van der Waals surface area contributed by atoms with E-state index in [4.69, 9.17) is 0 Å². The molecule has 25 heavy (non-hydrogen) atoms. The fraction of sp³-hybridized carbons (Fsp3) is 0.636. The number of carbonyl (C=O) groups excluding carboxylic acids is 1. The first-order valence-electron chi connectivity index (χ1n) is 10.2. The summed E-state index contributed by atoms with van der Waals surface area (Å²) in [5.74, 6) is 0.0347. The van der Waals surface area contributed by atoms with Gasteiger partial charge in [-0.1, -0.05) is 102 Å². The Balaban J connectivity index is 2.18. The zero-order valence-electron chi connectivity index (χ0n) is 16.2. The molecule has 1 amide bonds. The summed E-state index contributed by atoms with van der Waals surface area (Å²) in [4.78, 5) is 12.0. The second kappa shape index (κ2) is 14.7. The average Bonchev–Trinajstić information content (AvgIpc) is 2.64. The van der Waals surface area contributed by atoms with Crippen molar-refractivity contribution in [3.05, 3.63) is 35.9 Å². The third kappa shape index (κ3) is 10.8. The summed E-state index contributed by atoms with van der Waals surface area (Å²) in [5, 5.41) is 4.36. The van der Waals surface area contributed by atoms with Crippen LogP contribution >= 0.6 is 0 Å². The van der Waals surface area contributed by atoms with Crippen LogP contribution in [0.3, 0.4) is 0 Å². The van der Waals surface area contributed by atoms with Gasteiger partial charge in [0.2, 0.25) is 5.91 Å². The zero-order valence-corrected chi connectivity index (χ0v) is 16.2. The number of hydrazone groups is 1. The number of unbranched alkanes of at least 4 members (excludes halogenated alkanes) is 8. The predicted octanol–water partition coefficient (Wildman–Crippen LogP) is 6.23. The number of nitrogens with one attached hydrogen (secondary N) is 1. The molecule has 0 bridgehead atoms. The Morgan fingerprint density at radius 2 is 1.40 bits per heavy atom. The van der Waals surface area contributed by atoms with Crippen molar-refractivity contribution in [3.8, 4) is 0 Å². The molecule has 0 unspecified atom stereocenters. The van der Waals surface area contributed by atoms with Crippen molar-refractivity contribution in [2.45, 2.75) is 90.9 Å². The van der Waals surface area contributed by atoms with Gasteiger partial charge in [-0.2, -0.15) is 5.10 Å². The van der Waals surface area contributed by atoms with Crippen molar-refractivity contribution >= 4 is 11.6 Å². The summed E-state index contributed by atoms with van der Waals surface area (Å²) < 4.78 is 0. The van der Waals surface area contributed by atoms with Crippen molar-refractivity contribution in [1.29, 1.82) is 0 Å². The Labute approximate surface area is 154 Å². The van der Waals surface area contributed by atoms with Gasteiger partial charge in [0, 0.05) is 6.42 Å². The molecule has 1 aromatic carbocycles. The van der Waals surface area contributed by atoms with Crippen LogP contribution in [-0.4, -0.2) is 11.6 Å². The highest BCUT2D eigenvalue weighted by atomic mass is 16.2. The highest BCUT2D eigenvalue weighted by Gasteiger charge is 2.04. The van der Waals surface area contributed by atoms with Crippen LogP contribution in [0.2, 0.25) is 0 Å². The highest BCUT2D eigenvalue weighted by Crippen LogP contribution is 2.10. The van der Waals surface area contributed by atoms with Gasteiger partial charge in [-0.05, 0) is 18.4 Å². The first kappa shape index (κ1) is 21.4. The minimum absolute atomic E-state index is 0.0347. The van der Waals surface area contributed by atoms with Crippen LogP contribution in [0.4, 0.5) is 0 Å². The molecular formula is C22H36N2O. The maximum absolute atomic E-state index is 12.0. The molecule has 3 heteroatoms.